The maximum Gasteiger partial charge on any atom is 0.527 e. The summed E-state index contributed by atoms with van der Waals surface area (Å²) in [6, 6.07) is 40.7. The average molecular weight is 835 g/mol. The predicted molar refractivity (Wildman–Crippen MR) is 220 cm³/mol. The molecule has 1 fully saturated rings. The number of hydrogen-bond acceptors (Lipinski definition) is 11. The van der Waals surface area contributed by atoms with Crippen molar-refractivity contribution in [1.29, 1.82) is 0 Å². The van der Waals surface area contributed by atoms with Crippen LogP contribution in [-0.4, -0.2) is 52.9 Å². The molecule has 1 saturated heterocycles. The number of esters is 1. The molecular weight excluding hydrogens is 791 g/mol. The number of rotatable bonds is 16. The van der Waals surface area contributed by atoms with E-state index in [-0.39, 0.29) is 24.3 Å². The molecule has 310 valence electrons. The minimum atomic E-state index is -4.96. The van der Waals surface area contributed by atoms with Gasteiger partial charge < -0.3 is 28.2 Å². The molecule has 2 unspecified atom stereocenters. The predicted octanol–water partition coefficient (Wildman–Crippen LogP) is 7.16. The van der Waals surface area contributed by atoms with Gasteiger partial charge >= 0.3 is 19.5 Å². The molecule has 0 radical (unpaired) electrons. The zero-order valence-electron chi connectivity index (χ0n) is 32.9. The second-order valence-electron chi connectivity index (χ2n) is 13.8. The number of nitrogens with one attached hydrogen (secondary N) is 1. The smallest absolute Gasteiger partial charge is 0.497 e. The molecule has 60 heavy (non-hydrogen) atoms. The molecule has 2 heterocycles. The minimum absolute atomic E-state index is 0.00223. The van der Waals surface area contributed by atoms with Gasteiger partial charge in [-0.3, -0.25) is 23.8 Å². The number of aromatic nitrogens is 2. The molecule has 0 aliphatic carbocycles. The van der Waals surface area contributed by atoms with Gasteiger partial charge in [-0.25, -0.2) is 14.2 Å². The third kappa shape index (κ3) is 9.13. The highest BCUT2D eigenvalue weighted by Gasteiger charge is 2.52. The van der Waals surface area contributed by atoms with Crippen molar-refractivity contribution < 1.29 is 47.0 Å². The third-order valence-corrected chi connectivity index (χ3v) is 11.0. The van der Waals surface area contributed by atoms with Gasteiger partial charge in [0, 0.05) is 12.3 Å². The first-order valence-electron chi connectivity index (χ1n) is 19.0. The van der Waals surface area contributed by atoms with E-state index < -0.39 is 55.2 Å². The minimum Gasteiger partial charge on any atom is -0.497 e. The van der Waals surface area contributed by atoms with Crippen LogP contribution in [0.4, 0.5) is 0 Å². The number of benzene rings is 5. The summed E-state index contributed by atoms with van der Waals surface area (Å²) in [7, 11) is -1.75. The number of methoxy groups -OCH3 is 2. The van der Waals surface area contributed by atoms with Gasteiger partial charge in [-0.05, 0) is 77.2 Å². The van der Waals surface area contributed by atoms with Gasteiger partial charge in [-0.1, -0.05) is 91.9 Å². The molecule has 0 saturated carbocycles. The van der Waals surface area contributed by atoms with Gasteiger partial charge in [0.25, 0.3) is 5.56 Å². The molecule has 5 atom stereocenters. The average Bonchev–Trinajstić information content (AvgIpc) is 3.60. The van der Waals surface area contributed by atoms with Crippen LogP contribution in [0.1, 0.15) is 52.2 Å². The number of nitrogens with zero attached hydrogens (tertiary/aromatic N) is 1. The Labute approximate surface area is 345 Å². The first-order chi connectivity index (χ1) is 29.0. The van der Waals surface area contributed by atoms with E-state index in [1.807, 2.05) is 78.9 Å². The van der Waals surface area contributed by atoms with E-state index in [1.54, 1.807) is 51.5 Å². The molecule has 1 aromatic heterocycles. The van der Waals surface area contributed by atoms with Crippen molar-refractivity contribution in [2.45, 2.75) is 50.1 Å². The molecule has 0 bridgehead atoms. The topological polar surface area (TPSA) is 174 Å². The summed E-state index contributed by atoms with van der Waals surface area (Å²) >= 11 is 0. The zero-order chi connectivity index (χ0) is 42.3. The Bertz CT molecular complexity index is 2480. The fraction of sp³-hybridized carbons (Fsp3) is 0.222. The third-order valence-electron chi connectivity index (χ3n) is 10.1. The standard InChI is InChI=1S/C45H43N2O12P/c1-4-38-40(41(57-43(49)31-11-7-5-8-12-31)42(56-38)47-28-27-39(48)46-44(47)50)59-60(51,52)58-37-21-15-30(16-22-37)29-55-45(32-13-9-6-10-14-32,33-17-23-35(53-2)24-18-33)34-19-25-36(54-3)26-20-34/h5-28,38,40-42H,4,29H2,1-3H3,(H,51,52)(H,46,48,50)/t38-,40+,41?,42-/m1/s1. The van der Waals surface area contributed by atoms with Gasteiger partial charge in [0.2, 0.25) is 0 Å². The second kappa shape index (κ2) is 18.3. The summed E-state index contributed by atoms with van der Waals surface area (Å²) < 4.78 is 55.8. The molecule has 7 rings (SSSR count). The van der Waals surface area contributed by atoms with Gasteiger partial charge in [-0.2, -0.15) is 0 Å². The van der Waals surface area contributed by atoms with Crippen LogP contribution in [0.2, 0.25) is 0 Å². The number of H-pyrrole nitrogens is 1. The Morgan fingerprint density at radius 3 is 1.85 bits per heavy atom. The molecule has 14 nitrogen and oxygen atoms in total. The van der Waals surface area contributed by atoms with Crippen molar-refractivity contribution in [3.05, 3.63) is 194 Å². The Kier molecular flexibility index (Phi) is 12.8. The van der Waals surface area contributed by atoms with E-state index in [1.165, 1.54) is 30.5 Å². The lowest BCUT2D eigenvalue weighted by atomic mass is 9.80. The number of carbonyl (C=O) groups is 1. The lowest BCUT2D eigenvalue weighted by Crippen LogP contribution is -2.41. The van der Waals surface area contributed by atoms with Gasteiger partial charge in [0.15, 0.2) is 12.3 Å². The van der Waals surface area contributed by atoms with E-state index in [4.69, 9.17) is 32.7 Å². The number of aromatic amines is 1. The molecule has 0 spiro atoms. The highest BCUT2D eigenvalue weighted by molar-refractivity contribution is 7.47. The first kappa shape index (κ1) is 41.9. The van der Waals surface area contributed by atoms with E-state index in [2.05, 4.69) is 4.98 Å². The van der Waals surface area contributed by atoms with Gasteiger partial charge in [0.05, 0.1) is 32.5 Å². The SMILES string of the molecule is CC[C@H]1O[C@@H](n2ccc(=O)[nH]c2=O)C(OC(=O)c2ccccc2)[C@H]1OP(=O)(O)Oc1ccc(COC(c2ccccc2)(c2ccc(OC)cc2)c2ccc(OC)cc2)cc1. The fourth-order valence-electron chi connectivity index (χ4n) is 7.13. The van der Waals surface area contributed by atoms with Crippen LogP contribution in [0.3, 0.4) is 0 Å². The summed E-state index contributed by atoms with van der Waals surface area (Å²) in [5.41, 5.74) is 0.898. The molecule has 6 aromatic rings. The zero-order valence-corrected chi connectivity index (χ0v) is 33.8. The molecule has 15 heteroatoms. The van der Waals surface area contributed by atoms with Crippen molar-refractivity contribution in [3.63, 3.8) is 0 Å². The largest absolute Gasteiger partial charge is 0.527 e. The number of ether oxygens (including phenoxy) is 5. The number of carbonyl (C=O) groups excluding carboxylic acids is 1. The van der Waals surface area contributed by atoms with Gasteiger partial charge in [-0.15, -0.1) is 0 Å². The molecule has 5 aromatic carbocycles. The summed E-state index contributed by atoms with van der Waals surface area (Å²) in [5, 5.41) is 0. The number of hydrogen-bond donors (Lipinski definition) is 2. The van der Waals surface area contributed by atoms with Gasteiger partial charge in [0.1, 0.15) is 29.0 Å². The molecule has 1 aliphatic rings. The van der Waals surface area contributed by atoms with E-state index >= 15 is 0 Å². The highest BCUT2D eigenvalue weighted by atomic mass is 31.2. The Morgan fingerprint density at radius 2 is 1.30 bits per heavy atom. The van der Waals surface area contributed by atoms with Crippen LogP contribution >= 0.6 is 7.82 Å². The van der Waals surface area contributed by atoms with E-state index in [9.17, 15) is 23.8 Å². The highest BCUT2D eigenvalue weighted by Crippen LogP contribution is 2.50. The molecular formula is C45H43N2O12P. The van der Waals surface area contributed by atoms with Crippen LogP contribution in [0.15, 0.2) is 155 Å². The Hall–Kier alpha value is -6.28. The molecule has 2 N–H and O–H groups in total. The monoisotopic (exact) mass is 834 g/mol. The second-order valence-corrected chi connectivity index (χ2v) is 15.1. The summed E-state index contributed by atoms with van der Waals surface area (Å²) in [6.07, 6.45) is -3.65. The molecule has 1 aliphatic heterocycles. The van der Waals surface area contributed by atoms with E-state index in [0.29, 0.717) is 11.5 Å². The van der Waals surface area contributed by atoms with Crippen LogP contribution in [0, 0.1) is 0 Å². The van der Waals surface area contributed by atoms with Crippen LogP contribution in [0.5, 0.6) is 17.2 Å². The van der Waals surface area contributed by atoms with E-state index in [0.717, 1.165) is 32.9 Å². The maximum absolute atomic E-state index is 13.7. The Balaban J connectivity index is 1.13. The first-order valence-corrected chi connectivity index (χ1v) is 20.5. The quantitative estimate of drug-likeness (QED) is 0.0573. The number of phosphoric acid groups is 1. The summed E-state index contributed by atoms with van der Waals surface area (Å²) in [5.74, 6) is 0.588. The summed E-state index contributed by atoms with van der Waals surface area (Å²) in [4.78, 5) is 51.3. The summed E-state index contributed by atoms with van der Waals surface area (Å²) in [6.45, 7) is 1.84. The lowest BCUT2D eigenvalue weighted by Gasteiger charge is -2.36. The van der Waals surface area contributed by atoms with Crippen molar-refractivity contribution in [2.24, 2.45) is 0 Å². The fourth-order valence-corrected chi connectivity index (χ4v) is 8.12. The van der Waals surface area contributed by atoms with Crippen molar-refractivity contribution in [3.8, 4) is 17.2 Å². The lowest BCUT2D eigenvalue weighted by molar-refractivity contribution is -0.0517. The van der Waals surface area contributed by atoms with Crippen molar-refractivity contribution in [1.82, 2.24) is 9.55 Å². The van der Waals surface area contributed by atoms with Crippen LogP contribution < -0.4 is 25.2 Å². The van der Waals surface area contributed by atoms with Crippen molar-refractivity contribution in [2.75, 3.05) is 14.2 Å². The van der Waals surface area contributed by atoms with Crippen LogP contribution in [0.25, 0.3) is 0 Å². The normalized spacial score (nSPS) is 18.6. The maximum atomic E-state index is 13.7. The van der Waals surface area contributed by atoms with Crippen LogP contribution in [-0.2, 0) is 35.5 Å². The Morgan fingerprint density at radius 1 is 0.750 bits per heavy atom. The molecule has 0 amide bonds. The number of phosphoric ester groups is 1. The van der Waals surface area contributed by atoms with Crippen molar-refractivity contribution >= 4 is 13.8 Å².